The number of amides is 2. The van der Waals surface area contributed by atoms with Crippen LogP contribution in [0.3, 0.4) is 0 Å². The molecule has 1 aliphatic carbocycles. The molecule has 8 nitrogen and oxygen atoms in total. The highest BCUT2D eigenvalue weighted by atomic mass is 16.5. The lowest BCUT2D eigenvalue weighted by Gasteiger charge is -2.26. The predicted molar refractivity (Wildman–Crippen MR) is 113 cm³/mol. The Bertz CT molecular complexity index is 887. The smallest absolute Gasteiger partial charge is 0.252 e. The highest BCUT2D eigenvalue weighted by Gasteiger charge is 2.21. The molecule has 0 bridgehead atoms. The van der Waals surface area contributed by atoms with Gasteiger partial charge in [0.1, 0.15) is 0 Å². The Hall–Kier alpha value is -3.00. The van der Waals surface area contributed by atoms with E-state index in [0.29, 0.717) is 36.5 Å². The first-order chi connectivity index (χ1) is 14.6. The highest BCUT2D eigenvalue weighted by molar-refractivity contribution is 5.93. The number of hydroxylamine groups is 1. The lowest BCUT2D eigenvalue weighted by atomic mass is 9.88. The van der Waals surface area contributed by atoms with Gasteiger partial charge in [0.15, 0.2) is 0 Å². The van der Waals surface area contributed by atoms with E-state index < -0.39 is 5.91 Å². The minimum absolute atomic E-state index is 0.153. The standard InChI is InChI=1S/C22H29N5O3/c23-21(29)17-14-24-22(25-18-12-7-9-15-8-5-6-10-16(15)18)26-19(17)11-3-1-2-4-13-20(28)27-30/h5-6,8,10,14,18,30H,1-4,7,9,11-13H2,(H2,23,29)(H,27,28)(H,24,25,26). The summed E-state index contributed by atoms with van der Waals surface area (Å²) in [4.78, 5) is 31.7. The maximum absolute atomic E-state index is 11.8. The molecule has 0 fully saturated rings. The van der Waals surface area contributed by atoms with E-state index in [-0.39, 0.29) is 11.9 Å². The molecule has 5 N–H and O–H groups in total. The Morgan fingerprint density at radius 1 is 1.17 bits per heavy atom. The molecule has 0 radical (unpaired) electrons. The summed E-state index contributed by atoms with van der Waals surface area (Å²) < 4.78 is 0. The van der Waals surface area contributed by atoms with Gasteiger partial charge in [-0.15, -0.1) is 0 Å². The van der Waals surface area contributed by atoms with Gasteiger partial charge < -0.3 is 11.1 Å². The maximum atomic E-state index is 11.8. The van der Waals surface area contributed by atoms with Crippen LogP contribution in [0.25, 0.3) is 0 Å². The van der Waals surface area contributed by atoms with Crippen LogP contribution in [0.15, 0.2) is 30.5 Å². The zero-order valence-electron chi connectivity index (χ0n) is 17.1. The van der Waals surface area contributed by atoms with E-state index in [1.165, 1.54) is 17.3 Å². The number of carbonyl (C=O) groups excluding carboxylic acids is 2. The number of primary amides is 1. The van der Waals surface area contributed by atoms with Crippen molar-refractivity contribution in [2.45, 2.75) is 63.8 Å². The number of rotatable bonds is 10. The van der Waals surface area contributed by atoms with E-state index >= 15 is 0 Å². The lowest BCUT2D eigenvalue weighted by Crippen LogP contribution is -2.21. The molecule has 8 heteroatoms. The summed E-state index contributed by atoms with van der Waals surface area (Å²) in [5.74, 6) is -0.391. The number of aryl methyl sites for hydroxylation is 2. The molecule has 1 atom stereocenters. The Kier molecular flexibility index (Phi) is 7.73. The molecule has 2 amide bonds. The zero-order chi connectivity index (χ0) is 21.3. The van der Waals surface area contributed by atoms with Crippen molar-refractivity contribution in [3.63, 3.8) is 0 Å². The fourth-order valence-corrected chi connectivity index (χ4v) is 3.93. The Labute approximate surface area is 176 Å². The molecule has 30 heavy (non-hydrogen) atoms. The molecule has 0 saturated heterocycles. The van der Waals surface area contributed by atoms with Crippen molar-refractivity contribution in [2.24, 2.45) is 5.73 Å². The molecule has 1 aromatic heterocycles. The Morgan fingerprint density at radius 3 is 2.77 bits per heavy atom. The third-order valence-electron chi connectivity index (χ3n) is 5.50. The topological polar surface area (TPSA) is 130 Å². The summed E-state index contributed by atoms with van der Waals surface area (Å²) in [6.07, 6.45) is 8.89. The summed E-state index contributed by atoms with van der Waals surface area (Å²) in [6, 6.07) is 8.57. The van der Waals surface area contributed by atoms with Gasteiger partial charge >= 0.3 is 0 Å². The first kappa shape index (κ1) is 21.7. The Morgan fingerprint density at radius 2 is 1.97 bits per heavy atom. The van der Waals surface area contributed by atoms with Gasteiger partial charge in [-0.1, -0.05) is 37.1 Å². The number of unbranched alkanes of at least 4 members (excludes halogenated alkanes) is 3. The average Bonchev–Trinajstić information content (AvgIpc) is 2.76. The normalized spacial score (nSPS) is 15.3. The monoisotopic (exact) mass is 411 g/mol. The van der Waals surface area contributed by atoms with Gasteiger partial charge in [0.2, 0.25) is 11.9 Å². The van der Waals surface area contributed by atoms with Crippen LogP contribution in [0.2, 0.25) is 0 Å². The summed E-state index contributed by atoms with van der Waals surface area (Å²) in [5, 5.41) is 11.9. The summed E-state index contributed by atoms with van der Waals surface area (Å²) in [7, 11) is 0. The van der Waals surface area contributed by atoms with Crippen LogP contribution in [-0.2, 0) is 17.6 Å². The molecule has 3 rings (SSSR count). The van der Waals surface area contributed by atoms with Crippen LogP contribution in [0.4, 0.5) is 5.95 Å². The van der Waals surface area contributed by atoms with E-state index in [9.17, 15) is 9.59 Å². The average molecular weight is 412 g/mol. The van der Waals surface area contributed by atoms with Crippen LogP contribution in [-0.4, -0.2) is 27.0 Å². The van der Waals surface area contributed by atoms with Crippen molar-refractivity contribution < 1.29 is 14.8 Å². The number of carbonyl (C=O) groups is 2. The van der Waals surface area contributed by atoms with E-state index in [2.05, 4.69) is 33.5 Å². The molecule has 160 valence electrons. The summed E-state index contributed by atoms with van der Waals surface area (Å²) >= 11 is 0. The van der Waals surface area contributed by atoms with Crippen molar-refractivity contribution in [3.05, 3.63) is 52.8 Å². The number of nitrogens with one attached hydrogen (secondary N) is 2. The van der Waals surface area contributed by atoms with E-state index in [1.54, 1.807) is 5.48 Å². The van der Waals surface area contributed by atoms with Gasteiger partial charge in [-0.25, -0.2) is 15.4 Å². The lowest BCUT2D eigenvalue weighted by molar-refractivity contribution is -0.129. The van der Waals surface area contributed by atoms with E-state index in [1.807, 2.05) is 6.07 Å². The second-order valence-electron chi connectivity index (χ2n) is 7.66. The van der Waals surface area contributed by atoms with Crippen molar-refractivity contribution in [1.29, 1.82) is 0 Å². The first-order valence-corrected chi connectivity index (χ1v) is 10.5. The number of anilines is 1. The fourth-order valence-electron chi connectivity index (χ4n) is 3.93. The number of benzene rings is 1. The van der Waals surface area contributed by atoms with Gasteiger partial charge in [0.25, 0.3) is 5.91 Å². The summed E-state index contributed by atoms with van der Waals surface area (Å²) in [5.41, 5.74) is 10.8. The molecule has 0 aliphatic heterocycles. The molecular formula is C22H29N5O3. The van der Waals surface area contributed by atoms with Gasteiger partial charge in [-0.3, -0.25) is 14.8 Å². The van der Waals surface area contributed by atoms with Crippen molar-refractivity contribution in [3.8, 4) is 0 Å². The second kappa shape index (κ2) is 10.7. The number of nitrogens with zero attached hydrogens (tertiary/aromatic N) is 2. The van der Waals surface area contributed by atoms with Gasteiger partial charge in [0.05, 0.1) is 17.3 Å². The number of hydrogen-bond donors (Lipinski definition) is 4. The summed E-state index contributed by atoms with van der Waals surface area (Å²) in [6.45, 7) is 0. The molecular weight excluding hydrogens is 382 g/mol. The third kappa shape index (κ3) is 5.76. The quantitative estimate of drug-likeness (QED) is 0.270. The molecule has 1 unspecified atom stereocenters. The molecule has 1 aliphatic rings. The highest BCUT2D eigenvalue weighted by Crippen LogP contribution is 2.31. The van der Waals surface area contributed by atoms with Crippen LogP contribution in [0.1, 0.15) is 78.2 Å². The minimum atomic E-state index is -0.529. The first-order valence-electron chi connectivity index (χ1n) is 10.5. The molecule has 0 saturated carbocycles. The molecule has 0 spiro atoms. The number of nitrogens with two attached hydrogens (primary N) is 1. The van der Waals surface area contributed by atoms with Gasteiger partial charge in [0, 0.05) is 12.6 Å². The second-order valence-corrected chi connectivity index (χ2v) is 7.66. The van der Waals surface area contributed by atoms with Crippen molar-refractivity contribution in [1.82, 2.24) is 15.4 Å². The predicted octanol–water partition coefficient (Wildman–Crippen LogP) is 3.06. The van der Waals surface area contributed by atoms with Gasteiger partial charge in [-0.2, -0.15) is 0 Å². The molecule has 2 aromatic rings. The van der Waals surface area contributed by atoms with Crippen molar-refractivity contribution >= 4 is 17.8 Å². The largest absolute Gasteiger partial charge is 0.365 e. The molecule has 1 aromatic carbocycles. The van der Waals surface area contributed by atoms with Crippen LogP contribution >= 0.6 is 0 Å². The van der Waals surface area contributed by atoms with Crippen LogP contribution in [0, 0.1) is 0 Å². The number of fused-ring (bicyclic) bond motifs is 1. The van der Waals surface area contributed by atoms with Crippen molar-refractivity contribution in [2.75, 3.05) is 5.32 Å². The zero-order valence-corrected chi connectivity index (χ0v) is 17.1. The SMILES string of the molecule is NC(=O)c1cnc(NC2CCCc3ccccc32)nc1CCCCCCC(=O)NO. The molecule has 1 heterocycles. The minimum Gasteiger partial charge on any atom is -0.365 e. The van der Waals surface area contributed by atoms with Crippen LogP contribution in [0.5, 0.6) is 0 Å². The maximum Gasteiger partial charge on any atom is 0.252 e. The number of hydrogen-bond acceptors (Lipinski definition) is 6. The van der Waals surface area contributed by atoms with E-state index in [4.69, 9.17) is 10.9 Å². The van der Waals surface area contributed by atoms with Gasteiger partial charge in [-0.05, 0) is 49.7 Å². The fraction of sp³-hybridized carbons (Fsp3) is 0.455. The number of aromatic nitrogens is 2. The van der Waals surface area contributed by atoms with Crippen LogP contribution < -0.4 is 16.5 Å². The Balaban J connectivity index is 1.62. The third-order valence-corrected chi connectivity index (χ3v) is 5.50. The van der Waals surface area contributed by atoms with E-state index in [0.717, 1.165) is 38.5 Å².